The van der Waals surface area contributed by atoms with Gasteiger partial charge in [0.05, 0.1) is 0 Å². The maximum atomic E-state index is 11.4. The van der Waals surface area contributed by atoms with E-state index in [1.165, 1.54) is 5.69 Å². The van der Waals surface area contributed by atoms with Crippen LogP contribution in [0, 0.1) is 0 Å². The van der Waals surface area contributed by atoms with E-state index in [2.05, 4.69) is 34.4 Å². The number of carbonyl (C=O) groups is 1. The molecule has 0 atom stereocenters. The second kappa shape index (κ2) is 4.46. The number of fused-ring (bicyclic) bond motifs is 3. The quantitative estimate of drug-likeness (QED) is 0.776. The minimum Gasteiger partial charge on any atom is -0.327 e. The molecule has 0 N–H and O–H groups in total. The highest BCUT2D eigenvalue weighted by Gasteiger charge is 2.21. The molecule has 4 nitrogen and oxygen atoms in total. The highest BCUT2D eigenvalue weighted by Crippen LogP contribution is 2.24. The van der Waals surface area contributed by atoms with Gasteiger partial charge in [-0.3, -0.25) is 9.69 Å². The summed E-state index contributed by atoms with van der Waals surface area (Å²) in [6.45, 7) is 9.03. The van der Waals surface area contributed by atoms with Crippen LogP contribution in [0.1, 0.15) is 36.8 Å². The van der Waals surface area contributed by atoms with Gasteiger partial charge in [0.25, 0.3) is 0 Å². The number of hydrogen-bond acceptors (Lipinski definition) is 3. The molecule has 2 aromatic heterocycles. The van der Waals surface area contributed by atoms with E-state index in [9.17, 15) is 4.79 Å². The van der Waals surface area contributed by atoms with Crippen LogP contribution >= 0.6 is 0 Å². The molecular weight excluding hydrogens is 238 g/mol. The Hall–Kier alpha value is -1.68. The Balaban J connectivity index is 2.05. The van der Waals surface area contributed by atoms with Crippen LogP contribution in [-0.4, -0.2) is 32.8 Å². The van der Waals surface area contributed by atoms with Crippen molar-refractivity contribution in [3.8, 4) is 0 Å². The molecule has 0 unspecified atom stereocenters. The smallest absolute Gasteiger partial charge is 0.161 e. The van der Waals surface area contributed by atoms with E-state index < -0.39 is 0 Å². The molecule has 1 aliphatic heterocycles. The summed E-state index contributed by atoms with van der Waals surface area (Å²) in [5, 5.41) is 1.08. The van der Waals surface area contributed by atoms with Crippen molar-refractivity contribution < 1.29 is 4.79 Å². The maximum Gasteiger partial charge on any atom is 0.161 e. The third-order valence-electron chi connectivity index (χ3n) is 3.93. The third-order valence-corrected chi connectivity index (χ3v) is 3.93. The maximum absolute atomic E-state index is 11.4. The summed E-state index contributed by atoms with van der Waals surface area (Å²) in [7, 11) is 0. The Kier molecular flexibility index (Phi) is 2.90. The fraction of sp³-hybridized carbons (Fsp3) is 0.467. The van der Waals surface area contributed by atoms with Gasteiger partial charge in [0.15, 0.2) is 5.78 Å². The SMILES string of the molecule is CC(=O)c1cnc2c(c1)cc1n2CCN(C(C)C)C1. The highest BCUT2D eigenvalue weighted by molar-refractivity contribution is 5.97. The van der Waals surface area contributed by atoms with Gasteiger partial charge in [0.2, 0.25) is 0 Å². The molecule has 0 spiro atoms. The molecule has 0 aliphatic carbocycles. The van der Waals surface area contributed by atoms with Crippen LogP contribution in [-0.2, 0) is 13.1 Å². The van der Waals surface area contributed by atoms with E-state index in [1.807, 2.05) is 6.07 Å². The van der Waals surface area contributed by atoms with Gasteiger partial charge in [-0.1, -0.05) is 0 Å². The lowest BCUT2D eigenvalue weighted by Gasteiger charge is -2.31. The Morgan fingerprint density at radius 2 is 2.11 bits per heavy atom. The van der Waals surface area contributed by atoms with Gasteiger partial charge in [-0.25, -0.2) is 4.98 Å². The second-order valence-corrected chi connectivity index (χ2v) is 5.54. The zero-order chi connectivity index (χ0) is 13.6. The molecule has 0 saturated heterocycles. The summed E-state index contributed by atoms with van der Waals surface area (Å²) in [6, 6.07) is 4.69. The average molecular weight is 257 g/mol. The summed E-state index contributed by atoms with van der Waals surface area (Å²) >= 11 is 0. The van der Waals surface area contributed by atoms with Crippen LogP contribution < -0.4 is 0 Å². The predicted octanol–water partition coefficient (Wildman–Crippen LogP) is 2.46. The zero-order valence-corrected chi connectivity index (χ0v) is 11.7. The van der Waals surface area contributed by atoms with Crippen LogP contribution in [0.4, 0.5) is 0 Å². The van der Waals surface area contributed by atoms with Crippen molar-refractivity contribution in [1.82, 2.24) is 14.5 Å². The minimum atomic E-state index is 0.0716. The lowest BCUT2D eigenvalue weighted by Crippen LogP contribution is -2.38. The van der Waals surface area contributed by atoms with Gasteiger partial charge < -0.3 is 4.57 Å². The van der Waals surface area contributed by atoms with Crippen LogP contribution in [0.25, 0.3) is 11.0 Å². The van der Waals surface area contributed by atoms with E-state index in [4.69, 9.17) is 0 Å². The number of pyridine rings is 1. The molecular formula is C15H19N3O. The number of rotatable bonds is 2. The largest absolute Gasteiger partial charge is 0.327 e. The Morgan fingerprint density at radius 3 is 2.79 bits per heavy atom. The Morgan fingerprint density at radius 1 is 1.32 bits per heavy atom. The monoisotopic (exact) mass is 257 g/mol. The minimum absolute atomic E-state index is 0.0716. The summed E-state index contributed by atoms with van der Waals surface area (Å²) in [4.78, 5) is 18.3. The first-order chi connectivity index (χ1) is 9.06. The molecule has 3 rings (SSSR count). The van der Waals surface area contributed by atoms with Crippen LogP contribution in [0.2, 0.25) is 0 Å². The van der Waals surface area contributed by atoms with Crippen LogP contribution in [0.3, 0.4) is 0 Å². The van der Waals surface area contributed by atoms with Gasteiger partial charge in [-0.2, -0.15) is 0 Å². The van der Waals surface area contributed by atoms with Crippen molar-refractivity contribution >= 4 is 16.8 Å². The number of hydrogen-bond donors (Lipinski definition) is 0. The van der Waals surface area contributed by atoms with Crippen molar-refractivity contribution in [2.45, 2.75) is 39.9 Å². The molecule has 3 heterocycles. The Labute approximate surface area is 113 Å². The van der Waals surface area contributed by atoms with Gasteiger partial charge in [-0.15, -0.1) is 0 Å². The van der Waals surface area contributed by atoms with Crippen molar-refractivity contribution in [3.05, 3.63) is 29.6 Å². The first-order valence-electron chi connectivity index (χ1n) is 6.79. The van der Waals surface area contributed by atoms with Crippen molar-refractivity contribution in [2.75, 3.05) is 6.54 Å². The van der Waals surface area contributed by atoms with Crippen molar-refractivity contribution in [2.24, 2.45) is 0 Å². The molecule has 4 heteroatoms. The van der Waals surface area contributed by atoms with E-state index >= 15 is 0 Å². The van der Waals surface area contributed by atoms with Gasteiger partial charge >= 0.3 is 0 Å². The van der Waals surface area contributed by atoms with E-state index in [0.717, 1.165) is 30.7 Å². The first-order valence-corrected chi connectivity index (χ1v) is 6.79. The fourth-order valence-corrected chi connectivity index (χ4v) is 2.73. The lowest BCUT2D eigenvalue weighted by molar-refractivity contribution is 0.101. The second-order valence-electron chi connectivity index (χ2n) is 5.54. The lowest BCUT2D eigenvalue weighted by atomic mass is 10.2. The third kappa shape index (κ3) is 2.06. The topological polar surface area (TPSA) is 38.1 Å². The normalized spacial score (nSPS) is 16.0. The number of ketones is 1. The molecule has 0 radical (unpaired) electrons. The summed E-state index contributed by atoms with van der Waals surface area (Å²) < 4.78 is 2.28. The summed E-state index contributed by atoms with van der Waals surface area (Å²) in [6.07, 6.45) is 1.69. The number of aromatic nitrogens is 2. The number of carbonyl (C=O) groups excluding carboxylic acids is 1. The molecule has 2 aromatic rings. The van der Waals surface area contributed by atoms with E-state index in [0.29, 0.717) is 11.6 Å². The van der Waals surface area contributed by atoms with Crippen molar-refractivity contribution in [3.63, 3.8) is 0 Å². The molecule has 0 amide bonds. The standard InChI is InChI=1S/C15H19N3O/c1-10(2)17-4-5-18-14(9-17)7-12-6-13(11(3)19)8-16-15(12)18/h6-8,10H,4-5,9H2,1-3H3. The van der Waals surface area contributed by atoms with Crippen LogP contribution in [0.5, 0.6) is 0 Å². The first kappa shape index (κ1) is 12.4. The van der Waals surface area contributed by atoms with Gasteiger partial charge in [0, 0.05) is 48.5 Å². The fourth-order valence-electron chi connectivity index (χ4n) is 2.73. The molecule has 100 valence electrons. The highest BCUT2D eigenvalue weighted by atomic mass is 16.1. The van der Waals surface area contributed by atoms with E-state index in [1.54, 1.807) is 13.1 Å². The predicted molar refractivity (Wildman–Crippen MR) is 75.3 cm³/mol. The molecule has 0 aromatic carbocycles. The molecule has 0 bridgehead atoms. The van der Waals surface area contributed by atoms with Gasteiger partial charge in [-0.05, 0) is 32.9 Å². The van der Waals surface area contributed by atoms with Crippen molar-refractivity contribution in [1.29, 1.82) is 0 Å². The average Bonchev–Trinajstić information content (AvgIpc) is 2.74. The summed E-state index contributed by atoms with van der Waals surface area (Å²) in [5.74, 6) is 0.0716. The van der Waals surface area contributed by atoms with Crippen LogP contribution in [0.15, 0.2) is 18.3 Å². The summed E-state index contributed by atoms with van der Waals surface area (Å²) in [5.41, 5.74) is 2.99. The molecule has 0 fully saturated rings. The zero-order valence-electron chi connectivity index (χ0n) is 11.7. The molecule has 1 aliphatic rings. The molecule has 0 saturated carbocycles. The Bertz CT molecular complexity index is 642. The number of Topliss-reactive ketones (excluding diaryl/α,β-unsaturated/α-hetero) is 1. The van der Waals surface area contributed by atoms with Gasteiger partial charge in [0.1, 0.15) is 5.65 Å². The van der Waals surface area contributed by atoms with E-state index in [-0.39, 0.29) is 5.78 Å². The molecule has 19 heavy (non-hydrogen) atoms. The number of nitrogens with zero attached hydrogens (tertiary/aromatic N) is 3.